The largest absolute Gasteiger partial charge is 0.481 e. The number of aliphatic hydroxyl groups is 3. The Morgan fingerprint density at radius 3 is 2.48 bits per heavy atom. The van der Waals surface area contributed by atoms with Gasteiger partial charge in [-0.05, 0) is 74.5 Å². The van der Waals surface area contributed by atoms with Crippen molar-refractivity contribution in [3.8, 4) is 0 Å². The highest BCUT2D eigenvalue weighted by Gasteiger charge is 2.66. The molecule has 8 atom stereocenters. The number of carboxylic acids is 1. The van der Waals surface area contributed by atoms with Crippen molar-refractivity contribution in [1.82, 2.24) is 0 Å². The summed E-state index contributed by atoms with van der Waals surface area (Å²) in [4.78, 5) is 11.7. The number of hydrogen-bond acceptors (Lipinski definition) is 4. The van der Waals surface area contributed by atoms with Gasteiger partial charge in [0.25, 0.3) is 0 Å². The Balaban J connectivity index is 1.68. The van der Waals surface area contributed by atoms with E-state index in [1.165, 1.54) is 0 Å². The standard InChI is InChI=1S/C20H32O5/c1-18-7-6-15-13(14(18)2-3-16(18)17(23)24)5-9-20(25)10-12(22)4-8-19(15,20)11-21/h12-16,21-22,25H,2-11H2,1H3,(H,23,24)/t12-,13-,14-,15-,16+,18-,19+,20-/m1/s1. The molecule has 0 aromatic rings. The molecule has 0 radical (unpaired) electrons. The van der Waals surface area contributed by atoms with E-state index in [1.807, 2.05) is 0 Å². The Morgan fingerprint density at radius 1 is 1.04 bits per heavy atom. The number of aliphatic carboxylic acids is 1. The summed E-state index contributed by atoms with van der Waals surface area (Å²) in [5, 5.41) is 41.5. The molecule has 4 aliphatic rings. The molecule has 0 aromatic carbocycles. The van der Waals surface area contributed by atoms with Crippen molar-refractivity contribution < 1.29 is 25.2 Å². The van der Waals surface area contributed by atoms with Crippen LogP contribution in [0.1, 0.15) is 64.7 Å². The van der Waals surface area contributed by atoms with Gasteiger partial charge >= 0.3 is 5.97 Å². The summed E-state index contributed by atoms with van der Waals surface area (Å²) in [6, 6.07) is 0. The van der Waals surface area contributed by atoms with E-state index in [9.17, 15) is 25.2 Å². The van der Waals surface area contributed by atoms with Crippen LogP contribution in [0.15, 0.2) is 0 Å². The van der Waals surface area contributed by atoms with E-state index in [0.29, 0.717) is 37.5 Å². The highest BCUT2D eigenvalue weighted by atomic mass is 16.4. The van der Waals surface area contributed by atoms with Gasteiger partial charge in [-0.2, -0.15) is 0 Å². The molecule has 25 heavy (non-hydrogen) atoms. The van der Waals surface area contributed by atoms with Crippen LogP contribution in [0, 0.1) is 34.5 Å². The predicted molar refractivity (Wildman–Crippen MR) is 91.7 cm³/mol. The van der Waals surface area contributed by atoms with E-state index in [4.69, 9.17) is 0 Å². The Morgan fingerprint density at radius 2 is 1.80 bits per heavy atom. The number of carbonyl (C=O) groups is 1. The molecule has 0 saturated heterocycles. The molecular weight excluding hydrogens is 320 g/mol. The summed E-state index contributed by atoms with van der Waals surface area (Å²) in [5.41, 5.74) is -1.63. The summed E-state index contributed by atoms with van der Waals surface area (Å²) < 4.78 is 0. The molecule has 5 nitrogen and oxygen atoms in total. The smallest absolute Gasteiger partial charge is 0.307 e. The molecule has 0 aliphatic heterocycles. The third-order valence-corrected chi connectivity index (χ3v) is 9.04. The van der Waals surface area contributed by atoms with Crippen LogP contribution in [0.3, 0.4) is 0 Å². The van der Waals surface area contributed by atoms with Crippen LogP contribution in [0.25, 0.3) is 0 Å². The predicted octanol–water partition coefficient (Wildman–Crippen LogP) is 2.18. The highest BCUT2D eigenvalue weighted by Crippen LogP contribution is 2.68. The SMILES string of the molecule is C[C@@]12CC[C@@H]3[C@H](CC[C@@]4(O)C[C@H](O)CC[C@]34CO)[C@H]1CC[C@H]2C(=O)O. The fourth-order valence-corrected chi connectivity index (χ4v) is 7.76. The van der Waals surface area contributed by atoms with Crippen molar-refractivity contribution in [2.75, 3.05) is 6.61 Å². The molecule has 0 amide bonds. The van der Waals surface area contributed by atoms with E-state index in [0.717, 1.165) is 32.1 Å². The lowest BCUT2D eigenvalue weighted by Crippen LogP contribution is -2.65. The molecule has 4 saturated carbocycles. The average Bonchev–Trinajstić information content (AvgIpc) is 2.91. The zero-order valence-electron chi connectivity index (χ0n) is 15.2. The number of fused-ring (bicyclic) bond motifs is 5. The minimum absolute atomic E-state index is 0.0246. The number of aliphatic hydroxyl groups excluding tert-OH is 2. The maximum absolute atomic E-state index is 11.7. The van der Waals surface area contributed by atoms with Gasteiger partial charge in [-0.1, -0.05) is 6.92 Å². The third-order valence-electron chi connectivity index (χ3n) is 9.04. The van der Waals surface area contributed by atoms with Crippen LogP contribution in [0.2, 0.25) is 0 Å². The molecule has 0 spiro atoms. The van der Waals surface area contributed by atoms with Crippen LogP contribution in [0.4, 0.5) is 0 Å². The van der Waals surface area contributed by atoms with Crippen LogP contribution in [0.5, 0.6) is 0 Å². The van der Waals surface area contributed by atoms with E-state index in [-0.39, 0.29) is 23.9 Å². The second-order valence-electron chi connectivity index (χ2n) is 9.67. The summed E-state index contributed by atoms with van der Waals surface area (Å²) in [6.07, 6.45) is 6.20. The highest BCUT2D eigenvalue weighted by molar-refractivity contribution is 5.71. The number of hydrogen-bond donors (Lipinski definition) is 4. The van der Waals surface area contributed by atoms with Gasteiger partial charge in [0.15, 0.2) is 0 Å². The second kappa shape index (κ2) is 5.67. The molecule has 4 rings (SSSR count). The van der Waals surface area contributed by atoms with Gasteiger partial charge in [0.1, 0.15) is 0 Å². The normalized spacial score (nSPS) is 55.1. The van der Waals surface area contributed by atoms with Crippen molar-refractivity contribution in [1.29, 1.82) is 0 Å². The van der Waals surface area contributed by atoms with Crippen molar-refractivity contribution in [2.45, 2.75) is 76.4 Å². The van der Waals surface area contributed by atoms with Gasteiger partial charge < -0.3 is 20.4 Å². The molecule has 142 valence electrons. The summed E-state index contributed by atoms with van der Waals surface area (Å²) in [6.45, 7) is 2.14. The Hall–Kier alpha value is -0.650. The molecule has 4 fully saturated rings. The lowest BCUT2D eigenvalue weighted by molar-refractivity contribution is -0.240. The minimum Gasteiger partial charge on any atom is -0.481 e. The Bertz CT molecular complexity index is 564. The lowest BCUT2D eigenvalue weighted by atomic mass is 9.43. The number of carboxylic acid groups (broad SMARTS) is 1. The quantitative estimate of drug-likeness (QED) is 0.611. The van der Waals surface area contributed by atoms with E-state index in [2.05, 4.69) is 6.92 Å². The van der Waals surface area contributed by atoms with Gasteiger partial charge in [-0.25, -0.2) is 0 Å². The summed E-state index contributed by atoms with van der Waals surface area (Å²) in [5.74, 6) is 0.109. The van der Waals surface area contributed by atoms with Gasteiger partial charge in [-0.3, -0.25) is 4.79 Å². The fourth-order valence-electron chi connectivity index (χ4n) is 7.76. The lowest BCUT2D eigenvalue weighted by Gasteiger charge is -2.64. The van der Waals surface area contributed by atoms with Gasteiger partial charge in [0, 0.05) is 11.8 Å². The second-order valence-corrected chi connectivity index (χ2v) is 9.67. The molecule has 0 bridgehead atoms. The first-order valence-electron chi connectivity index (χ1n) is 10.0. The van der Waals surface area contributed by atoms with E-state index < -0.39 is 23.1 Å². The first kappa shape index (κ1) is 17.7. The molecule has 0 aromatic heterocycles. The van der Waals surface area contributed by atoms with Crippen molar-refractivity contribution >= 4 is 5.97 Å². The maximum atomic E-state index is 11.7. The van der Waals surface area contributed by atoms with Crippen molar-refractivity contribution in [3.63, 3.8) is 0 Å². The third kappa shape index (κ3) is 2.21. The van der Waals surface area contributed by atoms with Crippen LogP contribution in [-0.4, -0.2) is 44.7 Å². The summed E-state index contributed by atoms with van der Waals surface area (Å²) in [7, 11) is 0. The first-order valence-corrected chi connectivity index (χ1v) is 10.0. The monoisotopic (exact) mass is 352 g/mol. The van der Waals surface area contributed by atoms with Crippen LogP contribution < -0.4 is 0 Å². The zero-order chi connectivity index (χ0) is 18.0. The Labute approximate surface area is 149 Å². The van der Waals surface area contributed by atoms with Crippen LogP contribution in [-0.2, 0) is 4.79 Å². The maximum Gasteiger partial charge on any atom is 0.307 e. The molecule has 5 heteroatoms. The molecule has 4 aliphatic carbocycles. The van der Waals surface area contributed by atoms with Crippen LogP contribution >= 0.6 is 0 Å². The van der Waals surface area contributed by atoms with E-state index >= 15 is 0 Å². The van der Waals surface area contributed by atoms with Gasteiger partial charge in [0.05, 0.1) is 24.2 Å². The number of rotatable bonds is 2. The van der Waals surface area contributed by atoms with Gasteiger partial charge in [-0.15, -0.1) is 0 Å². The molecule has 0 heterocycles. The molecule has 4 N–H and O–H groups in total. The fraction of sp³-hybridized carbons (Fsp3) is 0.950. The first-order chi connectivity index (χ1) is 11.8. The topological polar surface area (TPSA) is 98.0 Å². The molecular formula is C20H32O5. The summed E-state index contributed by atoms with van der Waals surface area (Å²) >= 11 is 0. The minimum atomic E-state index is -0.973. The Kier molecular flexibility index (Phi) is 4.03. The molecule has 0 unspecified atom stereocenters. The van der Waals surface area contributed by atoms with Crippen molar-refractivity contribution in [2.24, 2.45) is 34.5 Å². The van der Waals surface area contributed by atoms with E-state index in [1.54, 1.807) is 0 Å². The van der Waals surface area contributed by atoms with Crippen molar-refractivity contribution in [3.05, 3.63) is 0 Å². The zero-order valence-corrected chi connectivity index (χ0v) is 15.2. The average molecular weight is 352 g/mol. The van der Waals surface area contributed by atoms with Gasteiger partial charge in [0.2, 0.25) is 0 Å².